The van der Waals surface area contributed by atoms with Crippen molar-refractivity contribution in [3.8, 4) is 0 Å². The molecule has 0 fully saturated rings. The van der Waals surface area contributed by atoms with Crippen LogP contribution in [0.3, 0.4) is 0 Å². The molecule has 0 aliphatic heterocycles. The third-order valence-corrected chi connectivity index (χ3v) is 1.03. The summed E-state index contributed by atoms with van der Waals surface area (Å²) in [6, 6.07) is 0. The zero-order valence-corrected chi connectivity index (χ0v) is 5.54. The van der Waals surface area contributed by atoms with Crippen LogP contribution in [0.15, 0.2) is 0 Å². The van der Waals surface area contributed by atoms with Gasteiger partial charge in [-0.3, -0.25) is 0 Å². The van der Waals surface area contributed by atoms with E-state index < -0.39 is 0 Å². The van der Waals surface area contributed by atoms with Crippen LogP contribution in [0.25, 0.3) is 0 Å². The maximum absolute atomic E-state index is 7.25. The van der Waals surface area contributed by atoms with Gasteiger partial charge >= 0.3 is 0 Å². The van der Waals surface area contributed by atoms with E-state index in [0.29, 0.717) is 0 Å². The third kappa shape index (κ3) is 3.85. The van der Waals surface area contributed by atoms with E-state index in [4.69, 9.17) is 5.41 Å². The summed E-state index contributed by atoms with van der Waals surface area (Å²) in [6.07, 6.45) is 3.81. The fourth-order valence-corrected chi connectivity index (χ4v) is 0.640. The van der Waals surface area contributed by atoms with E-state index in [1.54, 1.807) is 0 Å². The summed E-state index contributed by atoms with van der Waals surface area (Å²) in [7, 11) is 0. The first-order chi connectivity index (χ1) is 3.81. The van der Waals surface area contributed by atoms with Gasteiger partial charge in [0.05, 0.1) is 0 Å². The Labute approximate surface area is 51.6 Å². The number of hydrogen-bond donors (Lipinski definition) is 1. The minimum Gasteiger partial charge on any atom is -0.310 e. The summed E-state index contributed by atoms with van der Waals surface area (Å²) < 4.78 is 0. The lowest BCUT2D eigenvalue weighted by Crippen LogP contribution is -1.92. The Hall–Kier alpha value is -0.330. The first-order valence-corrected chi connectivity index (χ1v) is 3.16. The molecule has 0 spiro atoms. The highest BCUT2D eigenvalue weighted by Gasteiger charge is 1.90. The van der Waals surface area contributed by atoms with Crippen molar-refractivity contribution in [1.82, 2.24) is 0 Å². The average Bonchev–Trinajstić information content (AvgIpc) is 1.68. The molecule has 47 valence electrons. The van der Waals surface area contributed by atoms with Gasteiger partial charge in [-0.2, -0.15) is 0 Å². The summed E-state index contributed by atoms with van der Waals surface area (Å²) in [5.41, 5.74) is 0.850. The molecule has 0 aliphatic carbocycles. The SMILES string of the molecule is [CH2]CCC(=N)CCC. The van der Waals surface area contributed by atoms with Gasteiger partial charge in [0.2, 0.25) is 0 Å². The molecule has 0 heterocycles. The van der Waals surface area contributed by atoms with Gasteiger partial charge in [-0.15, -0.1) is 0 Å². The first-order valence-electron chi connectivity index (χ1n) is 3.16. The van der Waals surface area contributed by atoms with Gasteiger partial charge < -0.3 is 5.41 Å². The monoisotopic (exact) mass is 112 g/mol. The zero-order chi connectivity index (χ0) is 6.41. The van der Waals surface area contributed by atoms with Crippen LogP contribution in [0.5, 0.6) is 0 Å². The van der Waals surface area contributed by atoms with Gasteiger partial charge in [0, 0.05) is 5.71 Å². The normalized spacial score (nSPS) is 9.25. The van der Waals surface area contributed by atoms with Gasteiger partial charge in [-0.25, -0.2) is 0 Å². The minimum atomic E-state index is 0.850. The van der Waals surface area contributed by atoms with E-state index in [9.17, 15) is 0 Å². The lowest BCUT2D eigenvalue weighted by Gasteiger charge is -1.95. The standard InChI is InChI=1S/C7H14N/c1-3-5-7(8)6-4-2/h8H,1,3-6H2,2H3. The molecule has 0 unspecified atom stereocenters. The highest BCUT2D eigenvalue weighted by atomic mass is 14.4. The minimum absolute atomic E-state index is 0.850. The largest absolute Gasteiger partial charge is 0.310 e. The van der Waals surface area contributed by atoms with Crippen LogP contribution in [0.1, 0.15) is 32.6 Å². The molecule has 1 radical (unpaired) electrons. The van der Waals surface area contributed by atoms with Crippen molar-refractivity contribution in [3.63, 3.8) is 0 Å². The molecule has 0 bridgehead atoms. The van der Waals surface area contributed by atoms with E-state index in [2.05, 4.69) is 13.8 Å². The summed E-state index contributed by atoms with van der Waals surface area (Å²) in [5.74, 6) is 0. The Bertz CT molecular complexity index is 58.8. The van der Waals surface area contributed by atoms with Crippen molar-refractivity contribution in [3.05, 3.63) is 6.92 Å². The molecule has 1 nitrogen and oxygen atoms in total. The van der Waals surface area contributed by atoms with E-state index in [1.165, 1.54) is 0 Å². The van der Waals surface area contributed by atoms with Gasteiger partial charge in [0.1, 0.15) is 0 Å². The fraction of sp³-hybridized carbons (Fsp3) is 0.714. The first kappa shape index (κ1) is 7.67. The molecule has 0 saturated carbocycles. The summed E-state index contributed by atoms with van der Waals surface area (Å²) >= 11 is 0. The van der Waals surface area contributed by atoms with Crippen molar-refractivity contribution in [1.29, 1.82) is 5.41 Å². The zero-order valence-electron chi connectivity index (χ0n) is 5.54. The maximum atomic E-state index is 7.25. The van der Waals surface area contributed by atoms with Crippen LogP contribution in [-0.4, -0.2) is 5.71 Å². The van der Waals surface area contributed by atoms with E-state index in [1.807, 2.05) is 0 Å². The highest BCUT2D eigenvalue weighted by Crippen LogP contribution is 1.96. The molecule has 8 heavy (non-hydrogen) atoms. The van der Waals surface area contributed by atoms with E-state index in [-0.39, 0.29) is 0 Å². The molecular weight excluding hydrogens is 98.1 g/mol. The number of rotatable bonds is 4. The quantitative estimate of drug-likeness (QED) is 0.540. The predicted octanol–water partition coefficient (Wildman–Crippen LogP) is 2.42. The Morgan fingerprint density at radius 2 is 2.12 bits per heavy atom. The number of hydrogen-bond acceptors (Lipinski definition) is 1. The number of nitrogens with one attached hydrogen (secondary N) is 1. The second-order valence-corrected chi connectivity index (χ2v) is 1.96. The molecule has 0 amide bonds. The molecule has 0 atom stereocenters. The predicted molar refractivity (Wildman–Crippen MR) is 37.2 cm³/mol. The van der Waals surface area contributed by atoms with Crippen molar-refractivity contribution in [2.24, 2.45) is 0 Å². The third-order valence-electron chi connectivity index (χ3n) is 1.03. The van der Waals surface area contributed by atoms with Crippen molar-refractivity contribution < 1.29 is 0 Å². The average molecular weight is 112 g/mol. The Morgan fingerprint density at radius 3 is 2.50 bits per heavy atom. The molecule has 0 aliphatic rings. The van der Waals surface area contributed by atoms with Gasteiger partial charge in [-0.1, -0.05) is 20.3 Å². The summed E-state index contributed by atoms with van der Waals surface area (Å²) in [4.78, 5) is 0. The second-order valence-electron chi connectivity index (χ2n) is 1.96. The van der Waals surface area contributed by atoms with Gasteiger partial charge in [-0.05, 0) is 19.3 Å². The summed E-state index contributed by atoms with van der Waals surface area (Å²) in [6.45, 7) is 5.76. The van der Waals surface area contributed by atoms with Gasteiger partial charge in [0.25, 0.3) is 0 Å². The highest BCUT2D eigenvalue weighted by molar-refractivity contribution is 5.81. The molecule has 0 saturated heterocycles. The lowest BCUT2D eigenvalue weighted by atomic mass is 10.1. The van der Waals surface area contributed by atoms with Crippen molar-refractivity contribution in [2.75, 3.05) is 0 Å². The van der Waals surface area contributed by atoms with Crippen molar-refractivity contribution in [2.45, 2.75) is 32.6 Å². The molecular formula is C7H14N. The second kappa shape index (κ2) is 4.82. The molecule has 0 aromatic rings. The smallest absolute Gasteiger partial charge is 0.00890 e. The van der Waals surface area contributed by atoms with E-state index >= 15 is 0 Å². The Kier molecular flexibility index (Phi) is 4.62. The Morgan fingerprint density at radius 1 is 1.50 bits per heavy atom. The fourth-order valence-electron chi connectivity index (χ4n) is 0.640. The van der Waals surface area contributed by atoms with Crippen molar-refractivity contribution >= 4 is 5.71 Å². The molecule has 0 rings (SSSR count). The maximum Gasteiger partial charge on any atom is 0.00890 e. The van der Waals surface area contributed by atoms with Gasteiger partial charge in [0.15, 0.2) is 0 Å². The molecule has 1 heteroatoms. The van der Waals surface area contributed by atoms with Crippen LogP contribution in [-0.2, 0) is 0 Å². The summed E-state index contributed by atoms with van der Waals surface area (Å²) in [5, 5.41) is 7.25. The van der Waals surface area contributed by atoms with Crippen LogP contribution in [0.2, 0.25) is 0 Å². The molecule has 0 aromatic carbocycles. The van der Waals surface area contributed by atoms with Crippen LogP contribution in [0, 0.1) is 12.3 Å². The Balaban J connectivity index is 3.06. The van der Waals surface area contributed by atoms with Crippen LogP contribution >= 0.6 is 0 Å². The molecule has 0 aromatic heterocycles. The molecule has 1 N–H and O–H groups in total. The van der Waals surface area contributed by atoms with Crippen LogP contribution in [0.4, 0.5) is 0 Å². The topological polar surface area (TPSA) is 23.9 Å². The lowest BCUT2D eigenvalue weighted by molar-refractivity contribution is 0.935. The van der Waals surface area contributed by atoms with E-state index in [0.717, 1.165) is 31.4 Å². The van der Waals surface area contributed by atoms with Crippen LogP contribution < -0.4 is 0 Å².